The molecule has 1 unspecified atom stereocenters. The van der Waals surface area contributed by atoms with Crippen LogP contribution < -0.4 is 4.90 Å². The van der Waals surface area contributed by atoms with Gasteiger partial charge in [-0.05, 0) is 32.0 Å². The summed E-state index contributed by atoms with van der Waals surface area (Å²) in [4.78, 5) is 27.0. The van der Waals surface area contributed by atoms with Crippen LogP contribution in [0.3, 0.4) is 0 Å². The van der Waals surface area contributed by atoms with E-state index in [-0.39, 0.29) is 18.2 Å². The highest BCUT2D eigenvalue weighted by Gasteiger charge is 2.51. The molecule has 1 aliphatic heterocycles. The van der Waals surface area contributed by atoms with Crippen LogP contribution in [0.1, 0.15) is 36.2 Å². The van der Waals surface area contributed by atoms with Crippen molar-refractivity contribution in [2.45, 2.75) is 31.9 Å². The number of nitrogens with zero attached hydrogens (tertiary/aromatic N) is 1. The summed E-state index contributed by atoms with van der Waals surface area (Å²) in [5, 5.41) is 11.1. The van der Waals surface area contributed by atoms with Crippen LogP contribution in [0, 0.1) is 0 Å². The topological polar surface area (TPSA) is 57.6 Å². The van der Waals surface area contributed by atoms with Crippen LogP contribution in [0.5, 0.6) is 0 Å². The van der Waals surface area contributed by atoms with Gasteiger partial charge in [-0.15, -0.1) is 0 Å². The van der Waals surface area contributed by atoms with Gasteiger partial charge >= 0.3 is 0 Å². The number of Topliss-reactive ketones (excluding diaryl/α,β-unsaturated/α-hetero) is 1. The van der Waals surface area contributed by atoms with Gasteiger partial charge in [0.15, 0.2) is 11.4 Å². The Labute approximate surface area is 149 Å². The van der Waals surface area contributed by atoms with E-state index < -0.39 is 11.5 Å². The molecule has 1 N–H and O–H groups in total. The molecule has 2 aromatic carbocycles. The summed E-state index contributed by atoms with van der Waals surface area (Å²) in [6.45, 7) is 3.77. The van der Waals surface area contributed by atoms with Gasteiger partial charge in [-0.3, -0.25) is 9.59 Å². The first-order valence-corrected chi connectivity index (χ1v) is 8.58. The molecule has 3 rings (SSSR count). The molecule has 2 aromatic rings. The second kappa shape index (κ2) is 6.15. The first kappa shape index (κ1) is 16.9. The lowest BCUT2D eigenvalue weighted by Crippen LogP contribution is -2.44. The van der Waals surface area contributed by atoms with Crippen molar-refractivity contribution in [3.05, 3.63) is 64.1 Å². The van der Waals surface area contributed by atoms with Crippen molar-refractivity contribution in [3.63, 3.8) is 0 Å². The van der Waals surface area contributed by atoms with E-state index in [4.69, 9.17) is 0 Å². The maximum Gasteiger partial charge on any atom is 0.264 e. The number of hydrogen-bond acceptors (Lipinski definition) is 3. The molecule has 0 saturated heterocycles. The Kier molecular flexibility index (Phi) is 4.32. The lowest BCUT2D eigenvalue weighted by molar-refractivity contribution is -0.136. The molecule has 1 aliphatic rings. The maximum atomic E-state index is 12.9. The minimum Gasteiger partial charge on any atom is -0.375 e. The number of para-hydroxylation sites is 1. The van der Waals surface area contributed by atoms with Crippen LogP contribution in [-0.2, 0) is 10.4 Å². The zero-order valence-electron chi connectivity index (χ0n) is 13.5. The number of benzene rings is 2. The standard InChI is InChI=1S/C19H18BrNO3/c1-12(2)21-16-6-4-3-5-15(16)19(24,18(21)23)11-17(22)13-7-9-14(20)10-8-13/h3-10,12,24H,11H2,1-2H3. The molecule has 0 saturated carbocycles. The molecule has 0 bridgehead atoms. The fraction of sp³-hybridized carbons (Fsp3) is 0.263. The first-order chi connectivity index (χ1) is 11.3. The van der Waals surface area contributed by atoms with E-state index in [1.54, 1.807) is 47.4 Å². The monoisotopic (exact) mass is 387 g/mol. The number of hydrogen-bond donors (Lipinski definition) is 1. The molecule has 0 aliphatic carbocycles. The van der Waals surface area contributed by atoms with Gasteiger partial charge in [-0.2, -0.15) is 0 Å². The number of amides is 1. The third kappa shape index (κ3) is 2.68. The highest BCUT2D eigenvalue weighted by molar-refractivity contribution is 9.10. The molecule has 0 radical (unpaired) electrons. The molecule has 0 spiro atoms. The fourth-order valence-electron chi connectivity index (χ4n) is 3.11. The Morgan fingerprint density at radius 2 is 1.79 bits per heavy atom. The third-order valence-corrected chi connectivity index (χ3v) is 4.81. The van der Waals surface area contributed by atoms with E-state index in [0.717, 1.165) is 4.47 Å². The summed E-state index contributed by atoms with van der Waals surface area (Å²) in [6, 6.07) is 13.9. The van der Waals surface area contributed by atoms with E-state index in [1.165, 1.54) is 0 Å². The van der Waals surface area contributed by atoms with E-state index >= 15 is 0 Å². The zero-order chi connectivity index (χ0) is 17.5. The largest absolute Gasteiger partial charge is 0.375 e. The van der Waals surface area contributed by atoms with Crippen LogP contribution in [0.15, 0.2) is 53.0 Å². The van der Waals surface area contributed by atoms with Crippen LogP contribution in [0.4, 0.5) is 5.69 Å². The summed E-state index contributed by atoms with van der Waals surface area (Å²) in [5.41, 5.74) is -0.178. The normalized spacial score (nSPS) is 19.7. The van der Waals surface area contributed by atoms with Crippen molar-refractivity contribution >= 4 is 33.3 Å². The molecule has 1 heterocycles. The number of rotatable bonds is 4. The molecule has 24 heavy (non-hydrogen) atoms. The Morgan fingerprint density at radius 3 is 2.42 bits per heavy atom. The third-order valence-electron chi connectivity index (χ3n) is 4.28. The van der Waals surface area contributed by atoms with Crippen molar-refractivity contribution in [2.75, 3.05) is 4.90 Å². The summed E-state index contributed by atoms with van der Waals surface area (Å²) in [6.07, 6.45) is -0.270. The molecule has 124 valence electrons. The lowest BCUT2D eigenvalue weighted by atomic mass is 9.88. The smallest absolute Gasteiger partial charge is 0.264 e. The quantitative estimate of drug-likeness (QED) is 0.814. The van der Waals surface area contributed by atoms with Crippen LogP contribution in [0.25, 0.3) is 0 Å². The summed E-state index contributed by atoms with van der Waals surface area (Å²) < 4.78 is 0.867. The molecule has 4 nitrogen and oxygen atoms in total. The van der Waals surface area contributed by atoms with Gasteiger partial charge in [0, 0.05) is 21.6 Å². The van der Waals surface area contributed by atoms with Crippen molar-refractivity contribution in [1.82, 2.24) is 0 Å². The highest BCUT2D eigenvalue weighted by atomic mass is 79.9. The first-order valence-electron chi connectivity index (χ1n) is 7.79. The number of carbonyl (C=O) groups is 2. The molecular formula is C19H18BrNO3. The van der Waals surface area contributed by atoms with Gasteiger partial charge in [0.1, 0.15) is 0 Å². The van der Waals surface area contributed by atoms with Crippen molar-refractivity contribution < 1.29 is 14.7 Å². The number of fused-ring (bicyclic) bond motifs is 1. The van der Waals surface area contributed by atoms with Crippen LogP contribution in [0.2, 0.25) is 0 Å². The zero-order valence-corrected chi connectivity index (χ0v) is 15.1. The second-order valence-electron chi connectivity index (χ2n) is 6.25. The minimum absolute atomic E-state index is 0.101. The van der Waals surface area contributed by atoms with Gasteiger partial charge in [0.2, 0.25) is 0 Å². The van der Waals surface area contributed by atoms with Gasteiger partial charge in [-0.1, -0.05) is 46.3 Å². The van der Waals surface area contributed by atoms with E-state index in [1.807, 2.05) is 19.9 Å². The van der Waals surface area contributed by atoms with Crippen LogP contribution >= 0.6 is 15.9 Å². The molecular weight excluding hydrogens is 370 g/mol. The maximum absolute atomic E-state index is 12.9. The van der Waals surface area contributed by atoms with Crippen molar-refractivity contribution in [3.8, 4) is 0 Å². The average molecular weight is 388 g/mol. The fourth-order valence-corrected chi connectivity index (χ4v) is 3.38. The summed E-state index contributed by atoms with van der Waals surface area (Å²) in [5.74, 6) is -0.706. The number of aliphatic hydroxyl groups is 1. The molecule has 5 heteroatoms. The predicted octanol–water partition coefficient (Wildman–Crippen LogP) is 3.66. The molecule has 0 aromatic heterocycles. The number of carbonyl (C=O) groups excluding carboxylic acids is 2. The van der Waals surface area contributed by atoms with Crippen LogP contribution in [-0.4, -0.2) is 22.8 Å². The SMILES string of the molecule is CC(C)N1C(=O)C(O)(CC(=O)c2ccc(Br)cc2)c2ccccc21. The second-order valence-corrected chi connectivity index (χ2v) is 7.17. The highest BCUT2D eigenvalue weighted by Crippen LogP contribution is 2.43. The average Bonchev–Trinajstić information content (AvgIpc) is 2.76. The van der Waals surface area contributed by atoms with E-state index in [0.29, 0.717) is 16.8 Å². The lowest BCUT2D eigenvalue weighted by Gasteiger charge is -2.25. The minimum atomic E-state index is -1.81. The Morgan fingerprint density at radius 1 is 1.17 bits per heavy atom. The van der Waals surface area contributed by atoms with Crippen molar-refractivity contribution in [1.29, 1.82) is 0 Å². The molecule has 0 fully saturated rings. The Bertz CT molecular complexity index is 801. The molecule has 1 amide bonds. The summed E-state index contributed by atoms with van der Waals surface area (Å²) in [7, 11) is 0. The van der Waals surface area contributed by atoms with Gasteiger partial charge in [-0.25, -0.2) is 0 Å². The van der Waals surface area contributed by atoms with Gasteiger partial charge < -0.3 is 10.0 Å². The molecule has 1 atom stereocenters. The van der Waals surface area contributed by atoms with Crippen molar-refractivity contribution in [2.24, 2.45) is 0 Å². The number of ketones is 1. The predicted molar refractivity (Wildman–Crippen MR) is 96.1 cm³/mol. The Hall–Kier alpha value is -1.98. The van der Waals surface area contributed by atoms with Gasteiger partial charge in [0.05, 0.1) is 12.1 Å². The van der Waals surface area contributed by atoms with Gasteiger partial charge in [0.25, 0.3) is 5.91 Å². The number of halogens is 1. The number of anilines is 1. The summed E-state index contributed by atoms with van der Waals surface area (Å²) >= 11 is 3.33. The van der Waals surface area contributed by atoms with E-state index in [9.17, 15) is 14.7 Å². The van der Waals surface area contributed by atoms with E-state index in [2.05, 4.69) is 15.9 Å². The Balaban J connectivity index is 1.98.